The highest BCUT2D eigenvalue weighted by Crippen LogP contribution is 2.23. The van der Waals surface area contributed by atoms with Gasteiger partial charge in [-0.15, -0.1) is 0 Å². The normalized spacial score (nSPS) is 10.1. The second-order valence-corrected chi connectivity index (χ2v) is 5.83. The largest absolute Gasteiger partial charge is 0.298 e. The van der Waals surface area contributed by atoms with Crippen molar-refractivity contribution in [1.29, 1.82) is 5.26 Å². The zero-order valence-corrected chi connectivity index (χ0v) is 14.2. The van der Waals surface area contributed by atoms with Gasteiger partial charge in [-0.25, -0.2) is 4.98 Å². The van der Waals surface area contributed by atoms with Crippen LogP contribution in [-0.4, -0.2) is 15.5 Å². The van der Waals surface area contributed by atoms with Crippen LogP contribution in [0.25, 0.3) is 5.82 Å². The standard InChI is InChI=1S/C17H11Cl2N5O/c18-12-8-14(19)16(21-10-12)24-7-1-2-15(24)17(25)23-22-13-5-3-11(9-20)4-6-13/h1-8,10,22H,(H,23,25). The van der Waals surface area contributed by atoms with Crippen LogP contribution in [0.5, 0.6) is 0 Å². The van der Waals surface area contributed by atoms with Crippen molar-refractivity contribution in [2.75, 3.05) is 5.43 Å². The van der Waals surface area contributed by atoms with Gasteiger partial charge in [0.1, 0.15) is 5.69 Å². The molecule has 0 bridgehead atoms. The zero-order valence-electron chi connectivity index (χ0n) is 12.7. The molecule has 0 fully saturated rings. The molecular weight excluding hydrogens is 361 g/mol. The molecule has 0 aliphatic heterocycles. The lowest BCUT2D eigenvalue weighted by molar-refractivity contribution is 0.0956. The average Bonchev–Trinajstić information content (AvgIpc) is 3.09. The minimum absolute atomic E-state index is 0.331. The van der Waals surface area contributed by atoms with E-state index in [0.29, 0.717) is 32.8 Å². The van der Waals surface area contributed by atoms with Gasteiger partial charge in [-0.3, -0.25) is 20.2 Å². The van der Waals surface area contributed by atoms with Gasteiger partial charge in [0.2, 0.25) is 0 Å². The van der Waals surface area contributed by atoms with Crippen LogP contribution in [0.4, 0.5) is 5.69 Å². The number of carbonyl (C=O) groups excluding carboxylic acids is 1. The number of rotatable bonds is 4. The van der Waals surface area contributed by atoms with Gasteiger partial charge in [-0.05, 0) is 42.5 Å². The van der Waals surface area contributed by atoms with Crippen molar-refractivity contribution in [2.24, 2.45) is 0 Å². The number of nitrogens with one attached hydrogen (secondary N) is 2. The van der Waals surface area contributed by atoms with Gasteiger partial charge in [-0.2, -0.15) is 5.26 Å². The van der Waals surface area contributed by atoms with E-state index in [-0.39, 0.29) is 5.91 Å². The Morgan fingerprint density at radius 3 is 2.64 bits per heavy atom. The first kappa shape index (κ1) is 16.8. The third-order valence-electron chi connectivity index (χ3n) is 3.33. The lowest BCUT2D eigenvalue weighted by atomic mass is 10.2. The fourth-order valence-electron chi connectivity index (χ4n) is 2.16. The van der Waals surface area contributed by atoms with E-state index in [2.05, 4.69) is 15.8 Å². The van der Waals surface area contributed by atoms with Crippen molar-refractivity contribution in [1.82, 2.24) is 15.0 Å². The lowest BCUT2D eigenvalue weighted by Gasteiger charge is -2.12. The summed E-state index contributed by atoms with van der Waals surface area (Å²) in [5.41, 5.74) is 6.91. The van der Waals surface area contributed by atoms with E-state index in [9.17, 15) is 4.79 Å². The number of hydrogen-bond donors (Lipinski definition) is 2. The molecule has 0 atom stereocenters. The number of nitriles is 1. The van der Waals surface area contributed by atoms with Crippen molar-refractivity contribution in [2.45, 2.75) is 0 Å². The Morgan fingerprint density at radius 2 is 1.96 bits per heavy atom. The van der Waals surface area contributed by atoms with E-state index in [1.807, 2.05) is 6.07 Å². The van der Waals surface area contributed by atoms with Crippen LogP contribution in [-0.2, 0) is 0 Å². The van der Waals surface area contributed by atoms with Crippen molar-refractivity contribution >= 4 is 34.8 Å². The van der Waals surface area contributed by atoms with Gasteiger partial charge in [-0.1, -0.05) is 23.2 Å². The topological polar surface area (TPSA) is 82.7 Å². The molecule has 0 aliphatic carbocycles. The van der Waals surface area contributed by atoms with E-state index < -0.39 is 0 Å². The molecule has 2 aromatic heterocycles. The number of benzene rings is 1. The van der Waals surface area contributed by atoms with Crippen LogP contribution in [0, 0.1) is 11.3 Å². The summed E-state index contributed by atoms with van der Waals surface area (Å²) in [6, 6.07) is 13.6. The number of pyridine rings is 1. The lowest BCUT2D eigenvalue weighted by Crippen LogP contribution is -2.31. The number of hydrogen-bond acceptors (Lipinski definition) is 4. The molecule has 124 valence electrons. The molecule has 0 aliphatic rings. The fourth-order valence-corrected chi connectivity index (χ4v) is 2.63. The summed E-state index contributed by atoms with van der Waals surface area (Å²) in [5, 5.41) is 9.52. The van der Waals surface area contributed by atoms with Crippen LogP contribution in [0.1, 0.15) is 16.1 Å². The first-order valence-corrected chi connectivity index (χ1v) is 7.89. The monoisotopic (exact) mass is 371 g/mol. The van der Waals surface area contributed by atoms with Crippen LogP contribution in [0.3, 0.4) is 0 Å². The van der Waals surface area contributed by atoms with E-state index in [0.717, 1.165) is 0 Å². The van der Waals surface area contributed by atoms with Crippen LogP contribution in [0.15, 0.2) is 54.9 Å². The molecule has 8 heteroatoms. The average molecular weight is 372 g/mol. The van der Waals surface area contributed by atoms with Crippen molar-refractivity contribution in [3.63, 3.8) is 0 Å². The summed E-state index contributed by atoms with van der Waals surface area (Å²) in [7, 11) is 0. The molecule has 0 saturated heterocycles. The highest BCUT2D eigenvalue weighted by molar-refractivity contribution is 6.35. The highest BCUT2D eigenvalue weighted by Gasteiger charge is 2.15. The summed E-state index contributed by atoms with van der Waals surface area (Å²) < 4.78 is 1.56. The highest BCUT2D eigenvalue weighted by atomic mass is 35.5. The van der Waals surface area contributed by atoms with Gasteiger partial charge in [0.25, 0.3) is 5.91 Å². The smallest absolute Gasteiger partial charge is 0.286 e. The molecule has 25 heavy (non-hydrogen) atoms. The van der Waals surface area contributed by atoms with E-state index in [4.69, 9.17) is 28.5 Å². The van der Waals surface area contributed by atoms with Gasteiger partial charge in [0.15, 0.2) is 5.82 Å². The Bertz CT molecular complexity index is 960. The van der Waals surface area contributed by atoms with E-state index in [1.165, 1.54) is 6.20 Å². The molecule has 3 rings (SSSR count). The molecule has 2 heterocycles. The fraction of sp³-hybridized carbons (Fsp3) is 0. The Balaban J connectivity index is 1.77. The number of amides is 1. The third-order valence-corrected chi connectivity index (χ3v) is 3.82. The Kier molecular flexibility index (Phi) is 4.89. The third kappa shape index (κ3) is 3.74. The van der Waals surface area contributed by atoms with Crippen molar-refractivity contribution in [3.8, 4) is 11.9 Å². The Labute approximate surface area is 153 Å². The molecule has 3 aromatic rings. The van der Waals surface area contributed by atoms with Gasteiger partial charge in [0, 0.05) is 12.4 Å². The Hall–Kier alpha value is -3.01. The van der Waals surface area contributed by atoms with Gasteiger partial charge >= 0.3 is 0 Å². The molecular formula is C17H11Cl2N5O. The molecule has 6 nitrogen and oxygen atoms in total. The van der Waals surface area contributed by atoms with E-state index >= 15 is 0 Å². The summed E-state index contributed by atoms with van der Waals surface area (Å²) in [5.74, 6) is 0.0294. The molecule has 1 aromatic carbocycles. The SMILES string of the molecule is N#Cc1ccc(NNC(=O)c2cccn2-c2ncc(Cl)cc2Cl)cc1. The first-order chi connectivity index (χ1) is 12.1. The molecule has 0 spiro atoms. The summed E-state index contributed by atoms with van der Waals surface area (Å²) in [6.07, 6.45) is 3.14. The van der Waals surface area contributed by atoms with E-state index in [1.54, 1.807) is 53.2 Å². The minimum atomic E-state index is -0.373. The van der Waals surface area contributed by atoms with Crippen LogP contribution in [0.2, 0.25) is 10.0 Å². The number of aromatic nitrogens is 2. The maximum absolute atomic E-state index is 12.4. The maximum atomic E-state index is 12.4. The second-order valence-electron chi connectivity index (χ2n) is 4.99. The Morgan fingerprint density at radius 1 is 1.20 bits per heavy atom. The molecule has 0 radical (unpaired) electrons. The van der Waals surface area contributed by atoms with Crippen molar-refractivity contribution < 1.29 is 4.79 Å². The second kappa shape index (κ2) is 7.26. The minimum Gasteiger partial charge on any atom is -0.298 e. The quantitative estimate of drug-likeness (QED) is 0.683. The number of carbonyl (C=O) groups is 1. The zero-order chi connectivity index (χ0) is 17.8. The summed E-state index contributed by atoms with van der Waals surface area (Å²) in [4.78, 5) is 16.6. The molecule has 0 saturated carbocycles. The van der Waals surface area contributed by atoms with Crippen molar-refractivity contribution in [3.05, 3.63) is 76.2 Å². The summed E-state index contributed by atoms with van der Waals surface area (Å²) in [6.45, 7) is 0. The predicted molar refractivity (Wildman–Crippen MR) is 95.8 cm³/mol. The van der Waals surface area contributed by atoms with Gasteiger partial charge in [0.05, 0.1) is 27.4 Å². The molecule has 1 amide bonds. The number of halogens is 2. The van der Waals surface area contributed by atoms with Crippen LogP contribution >= 0.6 is 23.2 Å². The predicted octanol–water partition coefficient (Wildman–Crippen LogP) is 3.81. The van der Waals surface area contributed by atoms with Gasteiger partial charge < -0.3 is 0 Å². The number of nitrogens with zero attached hydrogens (tertiary/aromatic N) is 3. The van der Waals surface area contributed by atoms with Crippen LogP contribution < -0.4 is 10.9 Å². The summed E-state index contributed by atoms with van der Waals surface area (Å²) >= 11 is 12.0. The number of anilines is 1. The number of hydrazine groups is 1. The first-order valence-electron chi connectivity index (χ1n) is 7.14. The maximum Gasteiger partial charge on any atom is 0.286 e. The molecule has 0 unspecified atom stereocenters. The molecule has 2 N–H and O–H groups in total.